The van der Waals surface area contributed by atoms with Gasteiger partial charge in [-0.25, -0.2) is 0 Å². The zero-order valence-corrected chi connectivity index (χ0v) is 12.5. The lowest BCUT2D eigenvalue weighted by molar-refractivity contribution is 0.0702. The van der Waals surface area contributed by atoms with Crippen LogP contribution in [0, 0.1) is 0 Å². The van der Waals surface area contributed by atoms with Gasteiger partial charge in [0, 0.05) is 16.7 Å². The third kappa shape index (κ3) is 2.78. The molecule has 1 fully saturated rings. The van der Waals surface area contributed by atoms with Crippen molar-refractivity contribution in [1.82, 2.24) is 9.88 Å². The molecule has 1 atom stereocenters. The first-order chi connectivity index (χ1) is 8.31. The fourth-order valence-electron chi connectivity index (χ4n) is 1.74. The van der Waals surface area contributed by atoms with Crippen molar-refractivity contribution in [1.29, 1.82) is 0 Å². The van der Waals surface area contributed by atoms with Crippen molar-refractivity contribution in [3.8, 4) is 0 Å². The molecule has 100 valence electrons. The van der Waals surface area contributed by atoms with Crippen molar-refractivity contribution in [2.45, 2.75) is 51.3 Å². The van der Waals surface area contributed by atoms with Crippen LogP contribution in [-0.2, 0) is 0 Å². The van der Waals surface area contributed by atoms with Crippen LogP contribution in [0.3, 0.4) is 0 Å². The molecule has 0 saturated heterocycles. The molecule has 1 aromatic heterocycles. The summed E-state index contributed by atoms with van der Waals surface area (Å²) in [5.41, 5.74) is 0.0143. The van der Waals surface area contributed by atoms with E-state index in [2.05, 4.69) is 21.2 Å². The Balaban J connectivity index is 2.18. The lowest BCUT2D eigenvalue weighted by Crippen LogP contribution is -2.51. The molecule has 0 aromatic carbocycles. The zero-order chi connectivity index (χ0) is 13.5. The Kier molecular flexibility index (Phi) is 3.56. The van der Waals surface area contributed by atoms with Crippen LogP contribution in [-0.4, -0.2) is 27.2 Å². The van der Waals surface area contributed by atoms with Gasteiger partial charge in [-0.3, -0.25) is 4.79 Å². The monoisotopic (exact) mass is 314 g/mol. The largest absolute Gasteiger partial charge is 0.391 e. The highest BCUT2D eigenvalue weighted by atomic mass is 79.9. The molecule has 0 radical (unpaired) electrons. The van der Waals surface area contributed by atoms with E-state index in [0.29, 0.717) is 11.7 Å². The number of nitrogens with zero attached hydrogens (tertiary/aromatic N) is 1. The van der Waals surface area contributed by atoms with E-state index in [0.717, 1.165) is 17.3 Å². The molecule has 2 rings (SSSR count). The molecule has 2 N–H and O–H groups in total. The van der Waals surface area contributed by atoms with Gasteiger partial charge in [0.05, 0.1) is 11.6 Å². The van der Waals surface area contributed by atoms with Gasteiger partial charge in [0.2, 0.25) is 0 Å². The van der Waals surface area contributed by atoms with Gasteiger partial charge in [-0.2, -0.15) is 0 Å². The SMILES string of the molecule is CC(O)C(C)(C)NC(=O)c1cc(Br)cn1C1CC1. The van der Waals surface area contributed by atoms with E-state index in [-0.39, 0.29) is 5.91 Å². The third-order valence-electron chi connectivity index (χ3n) is 3.47. The van der Waals surface area contributed by atoms with Crippen molar-refractivity contribution >= 4 is 21.8 Å². The summed E-state index contributed by atoms with van der Waals surface area (Å²) in [7, 11) is 0. The normalized spacial score (nSPS) is 17.6. The Hall–Kier alpha value is -0.810. The van der Waals surface area contributed by atoms with E-state index in [1.165, 1.54) is 0 Å². The minimum Gasteiger partial charge on any atom is -0.391 e. The number of aromatic nitrogens is 1. The van der Waals surface area contributed by atoms with Gasteiger partial charge in [-0.15, -0.1) is 0 Å². The van der Waals surface area contributed by atoms with Gasteiger partial charge in [-0.05, 0) is 55.6 Å². The maximum Gasteiger partial charge on any atom is 0.268 e. The van der Waals surface area contributed by atoms with Gasteiger partial charge >= 0.3 is 0 Å². The summed E-state index contributed by atoms with van der Waals surface area (Å²) in [6.45, 7) is 5.31. The van der Waals surface area contributed by atoms with Crippen LogP contribution in [0.15, 0.2) is 16.7 Å². The average molecular weight is 315 g/mol. The van der Waals surface area contributed by atoms with Crippen LogP contribution in [0.2, 0.25) is 0 Å². The molecule has 0 spiro atoms. The lowest BCUT2D eigenvalue weighted by Gasteiger charge is -2.29. The summed E-state index contributed by atoms with van der Waals surface area (Å²) in [5.74, 6) is -0.140. The highest BCUT2D eigenvalue weighted by Gasteiger charge is 2.31. The predicted molar refractivity (Wildman–Crippen MR) is 73.6 cm³/mol. The first kappa shape index (κ1) is 13.6. The molecule has 1 heterocycles. The number of aliphatic hydroxyl groups excluding tert-OH is 1. The molecule has 1 unspecified atom stereocenters. The quantitative estimate of drug-likeness (QED) is 0.897. The van der Waals surface area contributed by atoms with E-state index < -0.39 is 11.6 Å². The Bertz CT molecular complexity index is 462. The molecule has 0 aliphatic heterocycles. The van der Waals surface area contributed by atoms with Gasteiger partial charge in [0.25, 0.3) is 5.91 Å². The van der Waals surface area contributed by atoms with Crippen LogP contribution in [0.25, 0.3) is 0 Å². The molecule has 4 nitrogen and oxygen atoms in total. The van der Waals surface area contributed by atoms with Crippen LogP contribution in [0.5, 0.6) is 0 Å². The van der Waals surface area contributed by atoms with Gasteiger partial charge < -0.3 is 15.0 Å². The number of halogens is 1. The highest BCUT2D eigenvalue weighted by molar-refractivity contribution is 9.10. The third-order valence-corrected chi connectivity index (χ3v) is 3.90. The number of nitrogens with one attached hydrogen (secondary N) is 1. The molecule has 5 heteroatoms. The second kappa shape index (κ2) is 4.70. The Morgan fingerprint density at radius 3 is 2.72 bits per heavy atom. The van der Waals surface area contributed by atoms with Gasteiger partial charge in [0.15, 0.2) is 0 Å². The van der Waals surface area contributed by atoms with Gasteiger partial charge in [-0.1, -0.05) is 0 Å². The van der Waals surface area contributed by atoms with Crippen LogP contribution >= 0.6 is 15.9 Å². The first-order valence-electron chi connectivity index (χ1n) is 6.19. The van der Waals surface area contributed by atoms with Crippen LogP contribution in [0.4, 0.5) is 0 Å². The molecule has 1 amide bonds. The van der Waals surface area contributed by atoms with Crippen molar-refractivity contribution in [3.63, 3.8) is 0 Å². The molecule has 1 aliphatic rings. The summed E-state index contributed by atoms with van der Waals surface area (Å²) in [6.07, 6.45) is 3.60. The molecular weight excluding hydrogens is 296 g/mol. The van der Waals surface area contributed by atoms with Crippen molar-refractivity contribution < 1.29 is 9.90 Å². The number of carbonyl (C=O) groups excluding carboxylic acids is 1. The first-order valence-corrected chi connectivity index (χ1v) is 6.98. The number of rotatable bonds is 4. The summed E-state index contributed by atoms with van der Waals surface area (Å²) < 4.78 is 2.92. The van der Waals surface area contributed by atoms with Crippen molar-refractivity contribution in [3.05, 3.63) is 22.4 Å². The summed E-state index contributed by atoms with van der Waals surface area (Å²) in [4.78, 5) is 12.3. The number of amides is 1. The summed E-state index contributed by atoms with van der Waals surface area (Å²) in [6, 6.07) is 2.28. The number of aliphatic hydroxyl groups is 1. The summed E-state index contributed by atoms with van der Waals surface area (Å²) >= 11 is 3.41. The highest BCUT2D eigenvalue weighted by Crippen LogP contribution is 2.37. The Labute approximate surface area is 116 Å². The van der Waals surface area contributed by atoms with E-state index in [4.69, 9.17) is 0 Å². The molecule has 1 aliphatic carbocycles. The predicted octanol–water partition coefficient (Wildman–Crippen LogP) is 2.47. The number of hydrogen-bond acceptors (Lipinski definition) is 2. The van der Waals surface area contributed by atoms with E-state index in [1.54, 1.807) is 6.92 Å². The lowest BCUT2D eigenvalue weighted by atomic mass is 9.98. The topological polar surface area (TPSA) is 54.3 Å². The zero-order valence-electron chi connectivity index (χ0n) is 10.9. The fourth-order valence-corrected chi connectivity index (χ4v) is 2.18. The standard InChI is InChI=1S/C13H19BrN2O2/c1-8(17)13(2,3)15-12(18)11-6-9(14)7-16(11)10-4-5-10/h6-8,10,17H,4-5H2,1-3H3,(H,15,18). The molecule has 0 bridgehead atoms. The maximum atomic E-state index is 12.3. The van der Waals surface area contributed by atoms with E-state index >= 15 is 0 Å². The van der Waals surface area contributed by atoms with E-state index in [9.17, 15) is 9.90 Å². The molecule has 18 heavy (non-hydrogen) atoms. The van der Waals surface area contributed by atoms with Crippen molar-refractivity contribution in [2.24, 2.45) is 0 Å². The van der Waals surface area contributed by atoms with Gasteiger partial charge in [0.1, 0.15) is 5.69 Å². The fraction of sp³-hybridized carbons (Fsp3) is 0.615. The molecule has 1 saturated carbocycles. The molecule has 1 aromatic rings. The second-order valence-corrected chi connectivity index (χ2v) is 6.45. The Morgan fingerprint density at radius 1 is 1.61 bits per heavy atom. The molecular formula is C13H19BrN2O2. The minimum atomic E-state index is -0.637. The van der Waals surface area contributed by atoms with E-state index in [1.807, 2.05) is 30.7 Å². The maximum absolute atomic E-state index is 12.3. The van der Waals surface area contributed by atoms with Crippen LogP contribution < -0.4 is 5.32 Å². The average Bonchev–Trinajstić information content (AvgIpc) is 3.01. The smallest absolute Gasteiger partial charge is 0.268 e. The van der Waals surface area contributed by atoms with Crippen LogP contribution in [0.1, 0.15) is 50.1 Å². The number of carbonyl (C=O) groups is 1. The minimum absolute atomic E-state index is 0.140. The Morgan fingerprint density at radius 2 is 2.22 bits per heavy atom. The number of hydrogen-bond donors (Lipinski definition) is 2. The van der Waals surface area contributed by atoms with Crippen molar-refractivity contribution in [2.75, 3.05) is 0 Å². The summed E-state index contributed by atoms with van der Waals surface area (Å²) in [5, 5.41) is 12.5. The second-order valence-electron chi connectivity index (χ2n) is 5.53.